The molecule has 0 bridgehead atoms. The third-order valence-corrected chi connectivity index (χ3v) is 1.87. The van der Waals surface area contributed by atoms with Crippen LogP contribution in [0.1, 0.15) is 19.3 Å². The molecule has 0 aliphatic carbocycles. The van der Waals surface area contributed by atoms with Gasteiger partial charge in [0.1, 0.15) is 12.1 Å². The molecule has 13 heteroatoms. The number of nitrogens with two attached hydrogens (primary N) is 3. The highest BCUT2D eigenvalue weighted by atomic mass is 16.4. The standard InChI is InChI=1S/C5H9NO4.C4H7NO4.C2H5NO2/c6-3(5(9)10)1-2-4(7)8;5-2(4(8)9)1-3(6)7;3-1-2(4)5/h3H,1-2,6H2,(H,7,8)(H,9,10);2H,1,5H2,(H,6,7)(H,8,9);1,3H2,(H,4,5)/t3-;2-;/m00./s1. The molecule has 0 fully saturated rings. The number of carbonyl (C=O) groups is 5. The lowest BCUT2D eigenvalue weighted by Gasteiger charge is -2.01. The maximum Gasteiger partial charge on any atom is 0.321 e. The third-order valence-electron chi connectivity index (χ3n) is 1.87. The van der Waals surface area contributed by atoms with E-state index in [2.05, 4.69) is 5.73 Å². The summed E-state index contributed by atoms with van der Waals surface area (Å²) < 4.78 is 0. The van der Waals surface area contributed by atoms with Crippen molar-refractivity contribution in [3.8, 4) is 0 Å². The highest BCUT2D eigenvalue weighted by Crippen LogP contribution is 1.93. The van der Waals surface area contributed by atoms with E-state index in [1.165, 1.54) is 0 Å². The largest absolute Gasteiger partial charge is 0.481 e. The first-order valence-electron chi connectivity index (χ1n) is 6.17. The van der Waals surface area contributed by atoms with Gasteiger partial charge in [0.2, 0.25) is 0 Å². The molecule has 0 radical (unpaired) electrons. The summed E-state index contributed by atoms with van der Waals surface area (Å²) in [7, 11) is 0. The van der Waals surface area contributed by atoms with Crippen molar-refractivity contribution in [3.63, 3.8) is 0 Å². The number of hydrogen-bond acceptors (Lipinski definition) is 8. The van der Waals surface area contributed by atoms with E-state index in [4.69, 9.17) is 37.0 Å². The van der Waals surface area contributed by atoms with Crippen molar-refractivity contribution in [1.82, 2.24) is 0 Å². The number of carboxylic acids is 5. The number of hydrogen-bond donors (Lipinski definition) is 8. The predicted molar refractivity (Wildman–Crippen MR) is 77.0 cm³/mol. The SMILES string of the molecule is NCC(=O)O.N[C@@H](CC(=O)O)C(=O)O.N[C@@H](CCC(=O)O)C(=O)O. The zero-order valence-corrected chi connectivity index (χ0v) is 12.5. The van der Waals surface area contributed by atoms with Crippen LogP contribution < -0.4 is 17.2 Å². The lowest BCUT2D eigenvalue weighted by atomic mass is 10.2. The van der Waals surface area contributed by atoms with Crippen molar-refractivity contribution in [2.24, 2.45) is 17.2 Å². The summed E-state index contributed by atoms with van der Waals surface area (Å²) in [5, 5.41) is 39.9. The maximum absolute atomic E-state index is 9.99. The molecule has 0 unspecified atom stereocenters. The fraction of sp³-hybridized carbons (Fsp3) is 0.545. The molecule has 0 spiro atoms. The molecule has 0 aromatic rings. The van der Waals surface area contributed by atoms with E-state index in [-0.39, 0.29) is 19.4 Å². The Morgan fingerprint density at radius 2 is 1.08 bits per heavy atom. The second kappa shape index (κ2) is 15.1. The van der Waals surface area contributed by atoms with Gasteiger partial charge in [0, 0.05) is 6.42 Å². The molecule has 0 aliphatic heterocycles. The Morgan fingerprint density at radius 3 is 1.25 bits per heavy atom. The van der Waals surface area contributed by atoms with E-state index in [1.54, 1.807) is 0 Å². The van der Waals surface area contributed by atoms with Crippen molar-refractivity contribution >= 4 is 29.8 Å². The van der Waals surface area contributed by atoms with Gasteiger partial charge >= 0.3 is 29.8 Å². The van der Waals surface area contributed by atoms with Gasteiger partial charge in [-0.25, -0.2) is 0 Å². The number of rotatable bonds is 8. The summed E-state index contributed by atoms with van der Waals surface area (Å²) in [6.45, 7) is -0.278. The molecule has 0 amide bonds. The summed E-state index contributed by atoms with van der Waals surface area (Å²) in [6, 6.07) is -2.35. The van der Waals surface area contributed by atoms with Crippen molar-refractivity contribution < 1.29 is 49.5 Å². The molecule has 24 heavy (non-hydrogen) atoms. The van der Waals surface area contributed by atoms with Crippen LogP contribution in [0.25, 0.3) is 0 Å². The van der Waals surface area contributed by atoms with Crippen molar-refractivity contribution in [3.05, 3.63) is 0 Å². The van der Waals surface area contributed by atoms with Gasteiger partial charge in [-0.3, -0.25) is 24.0 Å². The molecular weight excluding hydrogens is 334 g/mol. The van der Waals surface area contributed by atoms with Crippen LogP contribution in [0, 0.1) is 0 Å². The molecule has 140 valence electrons. The van der Waals surface area contributed by atoms with E-state index in [0.717, 1.165) is 0 Å². The van der Waals surface area contributed by atoms with Gasteiger partial charge < -0.3 is 42.7 Å². The van der Waals surface area contributed by atoms with Crippen LogP contribution in [0.5, 0.6) is 0 Å². The first kappa shape index (κ1) is 26.1. The van der Waals surface area contributed by atoms with Crippen molar-refractivity contribution in [2.75, 3.05) is 6.54 Å². The summed E-state index contributed by atoms with van der Waals surface area (Å²) in [5.74, 6) is -5.66. The average molecular weight is 355 g/mol. The molecule has 0 aliphatic rings. The fourth-order valence-electron chi connectivity index (χ4n) is 0.678. The van der Waals surface area contributed by atoms with E-state index in [9.17, 15) is 24.0 Å². The molecule has 0 heterocycles. The minimum Gasteiger partial charge on any atom is -0.481 e. The van der Waals surface area contributed by atoms with E-state index in [1.807, 2.05) is 0 Å². The smallest absolute Gasteiger partial charge is 0.321 e. The quantitative estimate of drug-likeness (QED) is 0.218. The Balaban J connectivity index is -0.000000291. The van der Waals surface area contributed by atoms with Gasteiger partial charge in [-0.2, -0.15) is 0 Å². The highest BCUT2D eigenvalue weighted by molar-refractivity contribution is 5.80. The zero-order valence-electron chi connectivity index (χ0n) is 12.5. The molecular formula is C11H21N3O10. The average Bonchev–Trinajstić information content (AvgIpc) is 2.44. The third kappa shape index (κ3) is 24.3. The first-order valence-corrected chi connectivity index (χ1v) is 6.17. The monoisotopic (exact) mass is 355 g/mol. The molecule has 11 N–H and O–H groups in total. The van der Waals surface area contributed by atoms with Crippen LogP contribution in [-0.2, 0) is 24.0 Å². The summed E-state index contributed by atoms with van der Waals surface area (Å²) in [6.07, 6.45) is -0.756. The minimum atomic E-state index is -1.29. The summed E-state index contributed by atoms with van der Waals surface area (Å²) in [5.41, 5.74) is 14.4. The van der Waals surface area contributed by atoms with Gasteiger partial charge in [0.15, 0.2) is 0 Å². The van der Waals surface area contributed by atoms with Gasteiger partial charge in [0.25, 0.3) is 0 Å². The molecule has 0 saturated carbocycles. The van der Waals surface area contributed by atoms with Gasteiger partial charge in [0.05, 0.1) is 13.0 Å². The van der Waals surface area contributed by atoms with E-state index >= 15 is 0 Å². The molecule has 2 atom stereocenters. The summed E-state index contributed by atoms with van der Waals surface area (Å²) in [4.78, 5) is 48.7. The molecule has 0 rings (SSSR count). The van der Waals surface area contributed by atoms with Crippen LogP contribution in [-0.4, -0.2) is 74.0 Å². The predicted octanol–water partition coefficient (Wildman–Crippen LogP) is -2.83. The Morgan fingerprint density at radius 1 is 0.708 bits per heavy atom. The fourth-order valence-corrected chi connectivity index (χ4v) is 0.678. The highest BCUT2D eigenvalue weighted by Gasteiger charge is 2.14. The van der Waals surface area contributed by atoms with Gasteiger partial charge in [-0.15, -0.1) is 0 Å². The number of carboxylic acid groups (broad SMARTS) is 5. The Bertz CT molecular complexity index is 440. The zero-order chi connectivity index (χ0) is 19.9. The second-order valence-electron chi connectivity index (χ2n) is 4.02. The summed E-state index contributed by atoms with van der Waals surface area (Å²) >= 11 is 0. The van der Waals surface area contributed by atoms with Gasteiger partial charge in [-0.1, -0.05) is 0 Å². The number of aliphatic carboxylic acids is 5. The first-order chi connectivity index (χ1) is 10.8. The van der Waals surface area contributed by atoms with E-state index in [0.29, 0.717) is 0 Å². The molecule has 0 saturated heterocycles. The molecule has 0 aromatic carbocycles. The minimum absolute atomic E-state index is 0.0231. The molecule has 0 aromatic heterocycles. The normalized spacial score (nSPS) is 11.5. The van der Waals surface area contributed by atoms with Crippen LogP contribution in [0.15, 0.2) is 0 Å². The second-order valence-corrected chi connectivity index (χ2v) is 4.02. The topological polar surface area (TPSA) is 265 Å². The Labute approximate surface area is 135 Å². The lowest BCUT2D eigenvalue weighted by Crippen LogP contribution is -2.32. The van der Waals surface area contributed by atoms with Gasteiger partial charge in [-0.05, 0) is 6.42 Å². The van der Waals surface area contributed by atoms with Crippen molar-refractivity contribution in [2.45, 2.75) is 31.3 Å². The maximum atomic E-state index is 9.99. The van der Waals surface area contributed by atoms with Crippen LogP contribution in [0.2, 0.25) is 0 Å². The van der Waals surface area contributed by atoms with Crippen LogP contribution >= 0.6 is 0 Å². The molecule has 13 nitrogen and oxygen atoms in total. The van der Waals surface area contributed by atoms with Crippen LogP contribution in [0.4, 0.5) is 0 Å². The Hall–Kier alpha value is -2.77. The van der Waals surface area contributed by atoms with E-state index < -0.39 is 48.4 Å². The lowest BCUT2D eigenvalue weighted by molar-refractivity contribution is -0.144. The van der Waals surface area contributed by atoms with Crippen LogP contribution in [0.3, 0.4) is 0 Å². The van der Waals surface area contributed by atoms with Crippen molar-refractivity contribution in [1.29, 1.82) is 0 Å². The Kier molecular flexibility index (Phi) is 16.5.